The molecule has 0 aliphatic carbocycles. The van der Waals surface area contributed by atoms with Crippen LogP contribution in [0.5, 0.6) is 0 Å². The molecular weight excluding hydrogens is 284 g/mol. The zero-order chi connectivity index (χ0) is 16.8. The smallest absolute Gasteiger partial charge is 0.431 e. The molecule has 3 atom stereocenters. The van der Waals surface area contributed by atoms with Crippen LogP contribution in [0.3, 0.4) is 0 Å². The molecule has 22 heavy (non-hydrogen) atoms. The van der Waals surface area contributed by atoms with E-state index in [0.29, 0.717) is 18.5 Å². The highest BCUT2D eigenvalue weighted by atomic mass is 16.7. The van der Waals surface area contributed by atoms with Gasteiger partial charge in [-0.05, 0) is 46.0 Å². The van der Waals surface area contributed by atoms with E-state index < -0.39 is 11.7 Å². The molecule has 1 amide bonds. The summed E-state index contributed by atoms with van der Waals surface area (Å²) in [6.07, 6.45) is 0.421. The minimum absolute atomic E-state index is 0.114. The summed E-state index contributed by atoms with van der Waals surface area (Å²) in [5, 5.41) is 3.48. The van der Waals surface area contributed by atoms with Crippen LogP contribution in [0.4, 0.5) is 4.79 Å². The van der Waals surface area contributed by atoms with E-state index in [0.717, 1.165) is 19.6 Å². The first-order valence-corrected chi connectivity index (χ1v) is 8.15. The summed E-state index contributed by atoms with van der Waals surface area (Å²) in [4.78, 5) is 17.1. The van der Waals surface area contributed by atoms with Crippen molar-refractivity contribution in [3.05, 3.63) is 0 Å². The second-order valence-corrected chi connectivity index (χ2v) is 7.32. The average molecular weight is 316 g/mol. The zero-order valence-electron chi connectivity index (χ0n) is 14.8. The first kappa shape index (κ1) is 19.2. The van der Waals surface area contributed by atoms with Crippen molar-refractivity contribution in [2.75, 3.05) is 19.8 Å². The fraction of sp³-hybridized carbons (Fsp3) is 0.938. The summed E-state index contributed by atoms with van der Waals surface area (Å²) in [6, 6.07) is 0.369. The van der Waals surface area contributed by atoms with Crippen molar-refractivity contribution in [3.63, 3.8) is 0 Å². The lowest BCUT2D eigenvalue weighted by molar-refractivity contribution is -0.0579. The maximum absolute atomic E-state index is 11.6. The van der Waals surface area contributed by atoms with E-state index in [1.807, 2.05) is 20.8 Å². The van der Waals surface area contributed by atoms with Gasteiger partial charge in [0, 0.05) is 19.2 Å². The van der Waals surface area contributed by atoms with Gasteiger partial charge in [-0.3, -0.25) is 4.84 Å². The third-order valence-electron chi connectivity index (χ3n) is 3.75. The fourth-order valence-electron chi connectivity index (χ4n) is 2.25. The van der Waals surface area contributed by atoms with E-state index in [1.54, 1.807) is 0 Å². The first-order valence-electron chi connectivity index (χ1n) is 8.15. The lowest BCUT2D eigenvalue weighted by Crippen LogP contribution is -2.44. The Balaban J connectivity index is 2.33. The van der Waals surface area contributed by atoms with Crippen LogP contribution in [0.25, 0.3) is 0 Å². The van der Waals surface area contributed by atoms with Crippen LogP contribution in [0, 0.1) is 11.8 Å². The number of nitrogens with one attached hydrogen (secondary N) is 2. The minimum atomic E-state index is -0.560. The molecule has 0 spiro atoms. The van der Waals surface area contributed by atoms with E-state index in [-0.39, 0.29) is 12.0 Å². The van der Waals surface area contributed by atoms with Gasteiger partial charge in [-0.1, -0.05) is 13.8 Å². The normalized spacial score (nSPS) is 21.7. The van der Waals surface area contributed by atoms with E-state index in [2.05, 4.69) is 31.6 Å². The van der Waals surface area contributed by atoms with Gasteiger partial charge in [0.2, 0.25) is 0 Å². The van der Waals surface area contributed by atoms with E-state index in [4.69, 9.17) is 14.3 Å². The van der Waals surface area contributed by atoms with Gasteiger partial charge in [0.15, 0.2) is 0 Å². The predicted molar refractivity (Wildman–Crippen MR) is 85.5 cm³/mol. The van der Waals surface area contributed by atoms with Crippen molar-refractivity contribution >= 4 is 6.09 Å². The standard InChI is InChI=1S/C16H32N2O4/c1-11(2)14(22-18-15(19)21-16(4,5)6)9-17-12(3)13-7-8-20-10-13/h11-14,17H,7-10H2,1-6H3,(H,18,19). The van der Waals surface area contributed by atoms with Gasteiger partial charge in [-0.2, -0.15) is 5.48 Å². The van der Waals surface area contributed by atoms with E-state index in [1.165, 1.54) is 0 Å². The Morgan fingerprint density at radius 1 is 1.32 bits per heavy atom. The van der Waals surface area contributed by atoms with Gasteiger partial charge in [0.25, 0.3) is 0 Å². The molecule has 130 valence electrons. The molecule has 0 aromatic rings. The van der Waals surface area contributed by atoms with E-state index >= 15 is 0 Å². The minimum Gasteiger partial charge on any atom is -0.442 e. The molecule has 6 nitrogen and oxygen atoms in total. The van der Waals surface area contributed by atoms with Crippen molar-refractivity contribution in [1.82, 2.24) is 10.8 Å². The molecule has 3 unspecified atom stereocenters. The maximum Gasteiger partial charge on any atom is 0.431 e. The third-order valence-corrected chi connectivity index (χ3v) is 3.75. The number of hydroxylamine groups is 1. The van der Waals surface area contributed by atoms with Crippen LogP contribution in [-0.2, 0) is 14.3 Å². The van der Waals surface area contributed by atoms with Gasteiger partial charge in [0.05, 0.1) is 6.61 Å². The molecule has 1 saturated heterocycles. The Morgan fingerprint density at radius 3 is 2.50 bits per heavy atom. The molecule has 0 radical (unpaired) electrons. The summed E-state index contributed by atoms with van der Waals surface area (Å²) < 4.78 is 10.6. The number of carbonyl (C=O) groups excluding carboxylic acids is 1. The zero-order valence-corrected chi connectivity index (χ0v) is 14.8. The number of hydrogen-bond acceptors (Lipinski definition) is 5. The molecule has 1 aliphatic rings. The van der Waals surface area contributed by atoms with Crippen LogP contribution in [-0.4, -0.2) is 43.6 Å². The van der Waals surface area contributed by atoms with Gasteiger partial charge < -0.3 is 14.8 Å². The summed E-state index contributed by atoms with van der Waals surface area (Å²) in [7, 11) is 0. The molecule has 1 fully saturated rings. The van der Waals surface area contributed by atoms with Crippen molar-refractivity contribution in [2.45, 2.75) is 65.7 Å². The number of carbonyl (C=O) groups is 1. The lowest BCUT2D eigenvalue weighted by Gasteiger charge is -2.26. The Morgan fingerprint density at radius 2 is 2.00 bits per heavy atom. The van der Waals surface area contributed by atoms with E-state index in [9.17, 15) is 4.79 Å². The number of ether oxygens (including phenoxy) is 2. The highest BCUT2D eigenvalue weighted by molar-refractivity contribution is 5.66. The van der Waals surface area contributed by atoms with Crippen molar-refractivity contribution in [3.8, 4) is 0 Å². The lowest BCUT2D eigenvalue weighted by atomic mass is 10.00. The molecule has 0 saturated carbocycles. The molecule has 1 heterocycles. The second-order valence-electron chi connectivity index (χ2n) is 7.32. The van der Waals surface area contributed by atoms with Gasteiger partial charge in [0.1, 0.15) is 11.7 Å². The number of amides is 1. The fourth-order valence-corrected chi connectivity index (χ4v) is 2.25. The Bertz CT molecular complexity index is 336. The molecule has 6 heteroatoms. The van der Waals surface area contributed by atoms with Crippen molar-refractivity contribution < 1.29 is 19.1 Å². The Hall–Kier alpha value is -0.850. The van der Waals surface area contributed by atoms with Crippen LogP contribution in [0.15, 0.2) is 0 Å². The highest BCUT2D eigenvalue weighted by Crippen LogP contribution is 2.16. The summed E-state index contributed by atoms with van der Waals surface area (Å²) in [5.41, 5.74) is 1.86. The Labute approximate surface area is 134 Å². The van der Waals surface area contributed by atoms with Crippen LogP contribution in [0.2, 0.25) is 0 Å². The molecule has 0 bridgehead atoms. The van der Waals surface area contributed by atoms with Crippen LogP contribution in [0.1, 0.15) is 48.0 Å². The largest absolute Gasteiger partial charge is 0.442 e. The maximum atomic E-state index is 11.6. The number of rotatable bonds is 7. The first-order chi connectivity index (χ1) is 10.2. The van der Waals surface area contributed by atoms with Crippen molar-refractivity contribution in [2.24, 2.45) is 11.8 Å². The highest BCUT2D eigenvalue weighted by Gasteiger charge is 2.24. The van der Waals surface area contributed by atoms with Crippen LogP contribution < -0.4 is 10.8 Å². The van der Waals surface area contributed by atoms with Crippen molar-refractivity contribution in [1.29, 1.82) is 0 Å². The summed E-state index contributed by atoms with van der Waals surface area (Å²) in [5.74, 6) is 0.820. The molecule has 0 aromatic carbocycles. The Kier molecular flexibility index (Phi) is 7.59. The third kappa shape index (κ3) is 7.42. The molecule has 2 N–H and O–H groups in total. The van der Waals surface area contributed by atoms with Gasteiger partial charge >= 0.3 is 6.09 Å². The number of hydrogen-bond donors (Lipinski definition) is 2. The molecular formula is C16H32N2O4. The summed E-state index contributed by atoms with van der Waals surface area (Å²) in [6.45, 7) is 14.1. The second kappa shape index (κ2) is 8.70. The predicted octanol–water partition coefficient (Wildman–Crippen LogP) is 2.48. The average Bonchev–Trinajstić information content (AvgIpc) is 2.89. The SMILES string of the molecule is CC(C)C(CNC(C)C1CCOC1)ONC(=O)OC(C)(C)C. The van der Waals surface area contributed by atoms with Gasteiger partial charge in [-0.15, -0.1) is 0 Å². The quantitative estimate of drug-likeness (QED) is 0.706. The molecule has 1 aliphatic heterocycles. The molecule has 0 aromatic heterocycles. The monoisotopic (exact) mass is 316 g/mol. The van der Waals surface area contributed by atoms with Crippen LogP contribution >= 0.6 is 0 Å². The molecule has 1 rings (SSSR count). The summed E-state index contributed by atoms with van der Waals surface area (Å²) >= 11 is 0. The topological polar surface area (TPSA) is 68.8 Å². The van der Waals surface area contributed by atoms with Gasteiger partial charge in [-0.25, -0.2) is 4.79 Å².